The third-order valence-electron chi connectivity index (χ3n) is 7.56. The van der Waals surface area contributed by atoms with Gasteiger partial charge in [-0.05, 0) is 31.2 Å². The number of piperazine rings is 1. The van der Waals surface area contributed by atoms with Crippen LogP contribution in [0.5, 0.6) is 0 Å². The van der Waals surface area contributed by atoms with E-state index >= 15 is 0 Å². The topological polar surface area (TPSA) is 116 Å². The van der Waals surface area contributed by atoms with E-state index in [2.05, 4.69) is 14.8 Å². The molecule has 2 fully saturated rings. The van der Waals surface area contributed by atoms with Crippen LogP contribution in [0.25, 0.3) is 10.9 Å². The zero-order chi connectivity index (χ0) is 26.1. The van der Waals surface area contributed by atoms with Crippen LogP contribution in [0.2, 0.25) is 0 Å². The number of carbonyl (C=O) groups is 2. The second-order valence-electron chi connectivity index (χ2n) is 10.1. The first-order valence-electron chi connectivity index (χ1n) is 12.9. The van der Waals surface area contributed by atoms with Gasteiger partial charge in [-0.1, -0.05) is 19.1 Å². The van der Waals surface area contributed by atoms with Gasteiger partial charge < -0.3 is 25.5 Å². The number of fused-ring (bicyclic) bond motifs is 1. The summed E-state index contributed by atoms with van der Waals surface area (Å²) in [6, 6.07) is 11.2. The van der Waals surface area contributed by atoms with Crippen LogP contribution in [0.15, 0.2) is 48.8 Å². The third kappa shape index (κ3) is 5.14. The van der Waals surface area contributed by atoms with Gasteiger partial charge in [0.15, 0.2) is 5.78 Å². The number of aromatic nitrogens is 2. The van der Waals surface area contributed by atoms with Crippen molar-refractivity contribution in [1.82, 2.24) is 14.9 Å². The molecule has 0 spiro atoms. The number of aliphatic hydroxyl groups excluding tert-OH is 1. The Morgan fingerprint density at radius 3 is 2.70 bits per heavy atom. The quantitative estimate of drug-likeness (QED) is 0.491. The smallest absolute Gasteiger partial charge is 0.242 e. The maximum Gasteiger partial charge on any atom is 0.242 e. The van der Waals surface area contributed by atoms with Crippen LogP contribution >= 0.6 is 0 Å². The minimum atomic E-state index is -0.538. The maximum absolute atomic E-state index is 13.3. The van der Waals surface area contributed by atoms with E-state index in [1.54, 1.807) is 18.5 Å². The first-order chi connectivity index (χ1) is 17.8. The van der Waals surface area contributed by atoms with Gasteiger partial charge in [-0.3, -0.25) is 14.6 Å². The van der Waals surface area contributed by atoms with Crippen LogP contribution in [0.1, 0.15) is 29.9 Å². The fourth-order valence-corrected chi connectivity index (χ4v) is 5.36. The molecule has 37 heavy (non-hydrogen) atoms. The summed E-state index contributed by atoms with van der Waals surface area (Å²) in [5, 5.41) is 11.2. The lowest BCUT2D eigenvalue weighted by Crippen LogP contribution is -2.55. The first kappa shape index (κ1) is 25.1. The minimum Gasteiger partial charge on any atom is -0.391 e. The molecular weight excluding hydrogens is 468 g/mol. The van der Waals surface area contributed by atoms with Crippen molar-refractivity contribution in [3.05, 3.63) is 60.0 Å². The Balaban J connectivity index is 1.36. The highest BCUT2D eigenvalue weighted by atomic mass is 16.3. The highest BCUT2D eigenvalue weighted by Crippen LogP contribution is 2.27. The molecule has 194 valence electrons. The van der Waals surface area contributed by atoms with E-state index in [4.69, 9.17) is 10.7 Å². The summed E-state index contributed by atoms with van der Waals surface area (Å²) in [6.07, 6.45) is 3.06. The molecule has 2 saturated heterocycles. The number of carbonyl (C=O) groups excluding carboxylic acids is 2. The molecule has 1 aromatic carbocycles. The fourth-order valence-electron chi connectivity index (χ4n) is 5.36. The van der Waals surface area contributed by atoms with Crippen LogP contribution < -0.4 is 15.5 Å². The molecule has 3 aromatic rings. The van der Waals surface area contributed by atoms with E-state index in [0.717, 1.165) is 40.9 Å². The molecule has 0 bridgehead atoms. The number of benzene rings is 1. The Kier molecular flexibility index (Phi) is 7.08. The number of likely N-dealkylation sites (N-methyl/N-ethyl adjacent to an activating group) is 1. The summed E-state index contributed by atoms with van der Waals surface area (Å²) in [5.41, 5.74) is 9.95. The van der Waals surface area contributed by atoms with E-state index in [9.17, 15) is 14.7 Å². The average molecular weight is 503 g/mol. The van der Waals surface area contributed by atoms with Crippen molar-refractivity contribution in [1.29, 1.82) is 0 Å². The number of nitrogens with two attached hydrogens (primary N) is 1. The largest absolute Gasteiger partial charge is 0.391 e. The van der Waals surface area contributed by atoms with Crippen molar-refractivity contribution in [2.24, 2.45) is 11.7 Å². The molecule has 1 amide bonds. The highest BCUT2D eigenvalue weighted by molar-refractivity contribution is 5.98. The molecule has 0 unspecified atom stereocenters. The molecule has 2 aromatic heterocycles. The van der Waals surface area contributed by atoms with Crippen molar-refractivity contribution >= 4 is 34.0 Å². The van der Waals surface area contributed by atoms with Gasteiger partial charge in [0.1, 0.15) is 5.69 Å². The van der Waals surface area contributed by atoms with Gasteiger partial charge in [0.2, 0.25) is 5.91 Å². The van der Waals surface area contributed by atoms with Gasteiger partial charge in [-0.25, -0.2) is 4.98 Å². The first-order valence-corrected chi connectivity index (χ1v) is 12.9. The number of piperidine rings is 1. The molecule has 0 radical (unpaired) electrons. The summed E-state index contributed by atoms with van der Waals surface area (Å²) in [4.78, 5) is 40.7. The van der Waals surface area contributed by atoms with Crippen molar-refractivity contribution < 1.29 is 14.7 Å². The molecule has 9 heteroatoms. The number of ketones is 1. The van der Waals surface area contributed by atoms with Gasteiger partial charge >= 0.3 is 0 Å². The van der Waals surface area contributed by atoms with Crippen molar-refractivity contribution in [3.63, 3.8) is 0 Å². The Morgan fingerprint density at radius 1 is 1.14 bits per heavy atom. The third-order valence-corrected chi connectivity index (χ3v) is 7.56. The Hall–Kier alpha value is -3.56. The molecule has 2 aliphatic heterocycles. The number of pyridine rings is 2. The van der Waals surface area contributed by atoms with Gasteiger partial charge in [-0.15, -0.1) is 0 Å². The maximum atomic E-state index is 13.3. The second kappa shape index (κ2) is 10.4. The monoisotopic (exact) mass is 502 g/mol. The average Bonchev–Trinajstić information content (AvgIpc) is 2.91. The minimum absolute atomic E-state index is 0.0251. The molecule has 3 atom stereocenters. The molecule has 5 rings (SSSR count). The zero-order valence-corrected chi connectivity index (χ0v) is 21.4. The van der Waals surface area contributed by atoms with E-state index in [-0.39, 0.29) is 30.1 Å². The number of hydrogen-bond donors (Lipinski definition) is 2. The lowest BCUT2D eigenvalue weighted by molar-refractivity contribution is -0.130. The predicted molar refractivity (Wildman–Crippen MR) is 144 cm³/mol. The van der Waals surface area contributed by atoms with Gasteiger partial charge in [-0.2, -0.15) is 0 Å². The number of rotatable bonds is 6. The van der Waals surface area contributed by atoms with Crippen LogP contribution in [0, 0.1) is 5.92 Å². The Labute approximate surface area is 216 Å². The van der Waals surface area contributed by atoms with Crippen molar-refractivity contribution in [2.45, 2.75) is 32.4 Å². The number of Topliss-reactive ketones (excluding diaryl/α,β-unsaturated/α-hetero) is 1. The van der Waals surface area contributed by atoms with Gasteiger partial charge in [0.25, 0.3) is 0 Å². The zero-order valence-electron chi connectivity index (χ0n) is 21.4. The number of hydrogen-bond acceptors (Lipinski definition) is 8. The summed E-state index contributed by atoms with van der Waals surface area (Å²) < 4.78 is 0. The van der Waals surface area contributed by atoms with Crippen molar-refractivity contribution in [3.8, 4) is 0 Å². The number of aliphatic hydroxyl groups is 1. The van der Waals surface area contributed by atoms with E-state index in [0.29, 0.717) is 31.9 Å². The molecule has 3 N–H and O–H groups in total. The van der Waals surface area contributed by atoms with E-state index in [1.165, 1.54) is 0 Å². The standard InChI is InChI=1S/C28H34N6O3/c1-3-32-10-11-33(17-27(32)36)21-6-4-19-5-7-23(31-24(19)13-21)26(35)12-20-14-30-9-8-25(20)34-15-18(2)28(37)22(29)16-34/h4-9,13-14,18,22,28,37H,3,10-12,15-17,29H2,1-2H3/t18-,22+,28+/m0/s1. The highest BCUT2D eigenvalue weighted by Gasteiger charge is 2.32. The number of anilines is 2. The lowest BCUT2D eigenvalue weighted by Gasteiger charge is -2.40. The lowest BCUT2D eigenvalue weighted by atomic mass is 9.92. The van der Waals surface area contributed by atoms with Crippen LogP contribution in [0.4, 0.5) is 11.4 Å². The summed E-state index contributed by atoms with van der Waals surface area (Å²) in [6.45, 7) is 7.69. The summed E-state index contributed by atoms with van der Waals surface area (Å²) in [5.74, 6) is 0.0521. The number of amides is 1. The van der Waals surface area contributed by atoms with E-state index < -0.39 is 6.10 Å². The molecule has 0 saturated carbocycles. The Morgan fingerprint density at radius 2 is 1.95 bits per heavy atom. The normalized spacial score (nSPS) is 22.5. The van der Waals surface area contributed by atoms with Gasteiger partial charge in [0.05, 0.1) is 18.2 Å². The van der Waals surface area contributed by atoms with Gasteiger partial charge in [0, 0.05) is 85.8 Å². The second-order valence-corrected chi connectivity index (χ2v) is 10.1. The van der Waals surface area contributed by atoms with E-state index in [1.807, 2.05) is 49.1 Å². The van der Waals surface area contributed by atoms with Crippen molar-refractivity contribution in [2.75, 3.05) is 49.1 Å². The van der Waals surface area contributed by atoms with Crippen LogP contribution in [-0.4, -0.2) is 83.1 Å². The molecule has 0 aliphatic carbocycles. The number of nitrogens with zero attached hydrogens (tertiary/aromatic N) is 5. The predicted octanol–water partition coefficient (Wildman–Crippen LogP) is 1.87. The Bertz CT molecular complexity index is 1300. The molecule has 4 heterocycles. The summed E-state index contributed by atoms with van der Waals surface area (Å²) in [7, 11) is 0. The van der Waals surface area contributed by atoms with Crippen LogP contribution in [0.3, 0.4) is 0 Å². The molecular formula is C28H34N6O3. The molecule has 9 nitrogen and oxygen atoms in total. The molecule has 2 aliphatic rings. The summed E-state index contributed by atoms with van der Waals surface area (Å²) >= 11 is 0. The fraction of sp³-hybridized carbons (Fsp3) is 0.429. The van der Waals surface area contributed by atoms with Crippen LogP contribution in [-0.2, 0) is 11.2 Å². The SMILES string of the molecule is CCN1CCN(c2ccc3ccc(C(=O)Cc4cnccc4N4C[C@@H](N)[C@H](O)[C@@H](C)C4)nc3c2)CC1=O.